The second-order valence-corrected chi connectivity index (χ2v) is 5.41. The van der Waals surface area contributed by atoms with E-state index in [1.165, 1.54) is 4.90 Å². The summed E-state index contributed by atoms with van der Waals surface area (Å²) in [7, 11) is 0. The molecule has 0 spiro atoms. The molecule has 1 fully saturated rings. The zero-order valence-corrected chi connectivity index (χ0v) is 12.0. The zero-order chi connectivity index (χ0) is 16.2. The van der Waals surface area contributed by atoms with Crippen molar-refractivity contribution in [1.29, 1.82) is 0 Å². The van der Waals surface area contributed by atoms with Crippen molar-refractivity contribution in [2.75, 3.05) is 13.1 Å². The molecule has 122 valence electrons. The van der Waals surface area contributed by atoms with Crippen molar-refractivity contribution in [3.05, 3.63) is 35.9 Å². The Morgan fingerprint density at radius 2 is 1.91 bits per heavy atom. The Morgan fingerprint density at radius 1 is 1.23 bits per heavy atom. The molecule has 1 unspecified atom stereocenters. The lowest BCUT2D eigenvalue weighted by Gasteiger charge is -2.29. The van der Waals surface area contributed by atoms with Gasteiger partial charge in [0.25, 0.3) is 0 Å². The third kappa shape index (κ3) is 3.91. The summed E-state index contributed by atoms with van der Waals surface area (Å²) in [6.07, 6.45) is -6.20. The third-order valence-electron chi connectivity index (χ3n) is 3.80. The fraction of sp³-hybridized carbons (Fsp3) is 0.533. The standard InChI is InChI=1S/C15H18F3NO3/c16-15(17,18)14(21)7-4-9-19(10-8-14)13(20)22-11-12-5-2-1-3-6-12/h1-3,5-6,21H,4,7-11H2. The molecule has 22 heavy (non-hydrogen) atoms. The third-order valence-corrected chi connectivity index (χ3v) is 3.80. The van der Waals surface area contributed by atoms with Gasteiger partial charge in [-0.1, -0.05) is 30.3 Å². The molecule has 1 amide bonds. The van der Waals surface area contributed by atoms with E-state index >= 15 is 0 Å². The summed E-state index contributed by atoms with van der Waals surface area (Å²) in [6.45, 7) is 0.0371. The van der Waals surface area contributed by atoms with Crippen LogP contribution in [0.3, 0.4) is 0 Å². The van der Waals surface area contributed by atoms with Crippen LogP contribution in [0.15, 0.2) is 30.3 Å². The van der Waals surface area contributed by atoms with E-state index in [1.807, 2.05) is 6.07 Å². The van der Waals surface area contributed by atoms with Gasteiger partial charge in [0.05, 0.1) is 0 Å². The van der Waals surface area contributed by atoms with Gasteiger partial charge in [-0.25, -0.2) is 4.79 Å². The number of rotatable bonds is 2. The molecule has 1 aliphatic rings. The summed E-state index contributed by atoms with van der Waals surface area (Å²) in [6, 6.07) is 9.02. The molecule has 2 rings (SSSR count). The van der Waals surface area contributed by atoms with Gasteiger partial charge in [0.15, 0.2) is 5.60 Å². The Morgan fingerprint density at radius 3 is 2.55 bits per heavy atom. The van der Waals surface area contributed by atoms with Gasteiger partial charge in [0, 0.05) is 19.5 Å². The SMILES string of the molecule is O=C(OCc1ccccc1)N1CCCC(O)(C(F)(F)F)CC1. The number of halogens is 3. The number of benzene rings is 1. The molecule has 0 saturated carbocycles. The summed E-state index contributed by atoms with van der Waals surface area (Å²) in [5.74, 6) is 0. The lowest BCUT2D eigenvalue weighted by molar-refractivity contribution is -0.263. The summed E-state index contributed by atoms with van der Waals surface area (Å²) in [5.41, 5.74) is -1.92. The molecule has 7 heteroatoms. The first-order chi connectivity index (χ1) is 10.3. The number of nitrogens with zero attached hydrogens (tertiary/aromatic N) is 1. The minimum Gasteiger partial charge on any atom is -0.445 e. The van der Waals surface area contributed by atoms with Crippen molar-refractivity contribution in [2.24, 2.45) is 0 Å². The molecule has 1 aromatic carbocycles. The van der Waals surface area contributed by atoms with Crippen LogP contribution in [0.5, 0.6) is 0 Å². The second kappa shape index (κ2) is 6.56. The maximum absolute atomic E-state index is 12.8. The predicted molar refractivity (Wildman–Crippen MR) is 73.1 cm³/mol. The Balaban J connectivity index is 1.89. The maximum atomic E-state index is 12.8. The van der Waals surface area contributed by atoms with E-state index < -0.39 is 30.7 Å². The van der Waals surface area contributed by atoms with Crippen LogP contribution in [0, 0.1) is 0 Å². The highest BCUT2D eigenvalue weighted by Gasteiger charge is 2.53. The number of hydrogen-bond acceptors (Lipinski definition) is 3. The van der Waals surface area contributed by atoms with Crippen molar-refractivity contribution in [2.45, 2.75) is 37.6 Å². The average molecular weight is 317 g/mol. The lowest BCUT2D eigenvalue weighted by Crippen LogP contribution is -2.46. The van der Waals surface area contributed by atoms with Crippen LogP contribution in [0.4, 0.5) is 18.0 Å². The smallest absolute Gasteiger partial charge is 0.417 e. The number of amides is 1. The molecule has 1 aromatic rings. The molecule has 0 aromatic heterocycles. The summed E-state index contributed by atoms with van der Waals surface area (Å²) in [5, 5.41) is 9.69. The predicted octanol–water partition coefficient (Wildman–Crippen LogP) is 3.10. The minimum absolute atomic E-state index is 0.0692. The van der Waals surface area contributed by atoms with E-state index in [0.717, 1.165) is 5.56 Å². The van der Waals surface area contributed by atoms with Crippen LogP contribution in [0.1, 0.15) is 24.8 Å². The van der Waals surface area contributed by atoms with Crippen LogP contribution in [-0.2, 0) is 11.3 Å². The van der Waals surface area contributed by atoms with Crippen LogP contribution in [-0.4, -0.2) is 41.0 Å². The Bertz CT molecular complexity index is 507. The average Bonchev–Trinajstić information content (AvgIpc) is 2.68. The molecular formula is C15H18F3NO3. The number of carbonyl (C=O) groups excluding carboxylic acids is 1. The number of aliphatic hydroxyl groups is 1. The van der Waals surface area contributed by atoms with E-state index in [1.54, 1.807) is 24.3 Å². The van der Waals surface area contributed by atoms with Crippen LogP contribution in [0.25, 0.3) is 0 Å². The van der Waals surface area contributed by atoms with Gasteiger partial charge < -0.3 is 14.7 Å². The van der Waals surface area contributed by atoms with Crippen LogP contribution < -0.4 is 0 Å². The topological polar surface area (TPSA) is 49.8 Å². The Labute approximate surface area is 126 Å². The fourth-order valence-electron chi connectivity index (χ4n) is 2.40. The summed E-state index contributed by atoms with van der Waals surface area (Å²) >= 11 is 0. The normalized spacial score (nSPS) is 23.0. The molecule has 1 N–H and O–H groups in total. The van der Waals surface area contributed by atoms with E-state index in [4.69, 9.17) is 4.74 Å². The molecule has 0 aliphatic carbocycles. The molecule has 1 aliphatic heterocycles. The highest BCUT2D eigenvalue weighted by Crippen LogP contribution is 2.38. The Kier molecular flexibility index (Phi) is 4.95. The summed E-state index contributed by atoms with van der Waals surface area (Å²) < 4.78 is 43.6. The molecule has 0 bridgehead atoms. The van der Waals surface area contributed by atoms with E-state index in [9.17, 15) is 23.1 Å². The number of carbonyl (C=O) groups is 1. The van der Waals surface area contributed by atoms with Gasteiger partial charge in [0.2, 0.25) is 0 Å². The number of likely N-dealkylation sites (tertiary alicyclic amines) is 1. The van der Waals surface area contributed by atoms with Gasteiger partial charge in [-0.05, 0) is 18.4 Å². The van der Waals surface area contributed by atoms with E-state index in [2.05, 4.69) is 0 Å². The largest absolute Gasteiger partial charge is 0.445 e. The first-order valence-corrected chi connectivity index (χ1v) is 7.06. The van der Waals surface area contributed by atoms with Gasteiger partial charge in [-0.2, -0.15) is 13.2 Å². The van der Waals surface area contributed by atoms with Gasteiger partial charge >= 0.3 is 12.3 Å². The van der Waals surface area contributed by atoms with Crippen LogP contribution in [0.2, 0.25) is 0 Å². The lowest BCUT2D eigenvalue weighted by atomic mass is 9.94. The van der Waals surface area contributed by atoms with E-state index in [0.29, 0.717) is 0 Å². The van der Waals surface area contributed by atoms with Gasteiger partial charge in [0.1, 0.15) is 6.61 Å². The monoisotopic (exact) mass is 317 g/mol. The molecule has 1 saturated heterocycles. The molecule has 1 heterocycles. The van der Waals surface area contributed by atoms with Gasteiger partial charge in [-0.15, -0.1) is 0 Å². The summed E-state index contributed by atoms with van der Waals surface area (Å²) in [4.78, 5) is 13.1. The number of ether oxygens (including phenoxy) is 1. The minimum atomic E-state index is -4.68. The quantitative estimate of drug-likeness (QED) is 0.912. The van der Waals surface area contributed by atoms with E-state index in [-0.39, 0.29) is 26.1 Å². The Hall–Kier alpha value is -1.76. The first-order valence-electron chi connectivity index (χ1n) is 7.06. The molecular weight excluding hydrogens is 299 g/mol. The highest BCUT2D eigenvalue weighted by molar-refractivity contribution is 5.67. The number of hydrogen-bond donors (Lipinski definition) is 1. The highest BCUT2D eigenvalue weighted by atomic mass is 19.4. The second-order valence-electron chi connectivity index (χ2n) is 5.41. The van der Waals surface area contributed by atoms with Crippen LogP contribution >= 0.6 is 0 Å². The van der Waals surface area contributed by atoms with Crippen molar-refractivity contribution in [1.82, 2.24) is 4.90 Å². The molecule has 4 nitrogen and oxygen atoms in total. The number of alkyl halides is 3. The molecule has 1 atom stereocenters. The zero-order valence-electron chi connectivity index (χ0n) is 12.0. The van der Waals surface area contributed by atoms with Crippen molar-refractivity contribution in [3.63, 3.8) is 0 Å². The molecule has 0 radical (unpaired) electrons. The first kappa shape index (κ1) is 16.6. The van der Waals surface area contributed by atoms with Gasteiger partial charge in [-0.3, -0.25) is 0 Å². The van der Waals surface area contributed by atoms with Crippen molar-refractivity contribution < 1.29 is 27.8 Å². The maximum Gasteiger partial charge on any atom is 0.417 e. The fourth-order valence-corrected chi connectivity index (χ4v) is 2.40. The van der Waals surface area contributed by atoms with Crippen molar-refractivity contribution >= 4 is 6.09 Å². The van der Waals surface area contributed by atoms with Crippen molar-refractivity contribution in [3.8, 4) is 0 Å².